The smallest absolute Gasteiger partial charge is 0.138 e. The zero-order chi connectivity index (χ0) is 15.4. The molecule has 114 valence electrons. The van der Waals surface area contributed by atoms with Crippen molar-refractivity contribution >= 4 is 17.4 Å². The Labute approximate surface area is 128 Å². The highest BCUT2D eigenvalue weighted by atomic mass is 35.5. The lowest BCUT2D eigenvalue weighted by Gasteiger charge is -2.10. The molecular formula is C17H27ClO2. The number of carbonyl (C=O) groups excluding carboxylic acids is 1. The molecule has 0 aliphatic rings. The molecule has 0 atom stereocenters. The van der Waals surface area contributed by atoms with E-state index in [0.29, 0.717) is 30.3 Å². The number of benzene rings is 1. The van der Waals surface area contributed by atoms with E-state index in [1.165, 1.54) is 0 Å². The second kappa shape index (κ2) is 11.8. The molecule has 0 aliphatic carbocycles. The Morgan fingerprint density at radius 2 is 1.95 bits per heavy atom. The van der Waals surface area contributed by atoms with Gasteiger partial charge in [0.15, 0.2) is 0 Å². The van der Waals surface area contributed by atoms with Gasteiger partial charge in [-0.25, -0.2) is 0 Å². The first kappa shape index (κ1) is 19.0. The zero-order valence-corrected chi connectivity index (χ0v) is 13.9. The summed E-state index contributed by atoms with van der Waals surface area (Å²) in [5.74, 6) is 1.06. The van der Waals surface area contributed by atoms with Crippen LogP contribution < -0.4 is 4.74 Å². The fourth-order valence-corrected chi connectivity index (χ4v) is 2.00. The van der Waals surface area contributed by atoms with Crippen LogP contribution in [0, 0.1) is 0 Å². The average Bonchev–Trinajstić information content (AvgIpc) is 2.49. The van der Waals surface area contributed by atoms with Crippen molar-refractivity contribution in [2.45, 2.75) is 59.8 Å². The first-order valence-corrected chi connectivity index (χ1v) is 7.98. The molecule has 0 radical (unpaired) electrons. The first-order chi connectivity index (χ1) is 9.69. The summed E-state index contributed by atoms with van der Waals surface area (Å²) in [5.41, 5.74) is 1.06. The van der Waals surface area contributed by atoms with Gasteiger partial charge in [0.2, 0.25) is 0 Å². The minimum Gasteiger partial charge on any atom is -0.492 e. The minimum atomic E-state index is 0.310. The Bertz CT molecular complexity index is 389. The molecule has 0 heterocycles. The van der Waals surface area contributed by atoms with Crippen LogP contribution in [-0.2, 0) is 11.2 Å². The highest BCUT2D eigenvalue weighted by molar-refractivity contribution is 6.32. The van der Waals surface area contributed by atoms with E-state index in [1.807, 2.05) is 39.0 Å². The molecule has 0 bridgehead atoms. The molecule has 1 rings (SSSR count). The fourth-order valence-electron chi connectivity index (χ4n) is 1.73. The second-order valence-corrected chi connectivity index (χ2v) is 4.70. The van der Waals surface area contributed by atoms with E-state index in [0.717, 1.165) is 30.6 Å². The minimum absolute atomic E-state index is 0.310. The lowest BCUT2D eigenvalue weighted by atomic mass is 10.1. The molecule has 1 aromatic rings. The lowest BCUT2D eigenvalue weighted by molar-refractivity contribution is -0.118. The van der Waals surface area contributed by atoms with Gasteiger partial charge in [-0.1, -0.05) is 51.4 Å². The SMILES string of the molecule is CC.CCCOc1cccc(CCCC(=O)CC)c1Cl. The van der Waals surface area contributed by atoms with Gasteiger partial charge in [-0.05, 0) is 30.9 Å². The van der Waals surface area contributed by atoms with E-state index in [-0.39, 0.29) is 0 Å². The summed E-state index contributed by atoms with van der Waals surface area (Å²) in [6.07, 6.45) is 3.89. The maximum Gasteiger partial charge on any atom is 0.138 e. The van der Waals surface area contributed by atoms with Crippen molar-refractivity contribution in [3.63, 3.8) is 0 Å². The van der Waals surface area contributed by atoms with Gasteiger partial charge < -0.3 is 4.74 Å². The Morgan fingerprint density at radius 1 is 1.25 bits per heavy atom. The predicted octanol–water partition coefficient (Wildman–Crippen LogP) is 5.46. The average molecular weight is 299 g/mol. The third-order valence-corrected chi connectivity index (χ3v) is 3.23. The second-order valence-electron chi connectivity index (χ2n) is 4.32. The van der Waals surface area contributed by atoms with Crippen molar-refractivity contribution < 1.29 is 9.53 Å². The van der Waals surface area contributed by atoms with Gasteiger partial charge in [-0.15, -0.1) is 0 Å². The van der Waals surface area contributed by atoms with Crippen molar-refractivity contribution in [1.82, 2.24) is 0 Å². The number of aryl methyl sites for hydroxylation is 1. The van der Waals surface area contributed by atoms with E-state index in [2.05, 4.69) is 6.92 Å². The molecule has 0 amide bonds. The van der Waals surface area contributed by atoms with Crippen LogP contribution in [0.3, 0.4) is 0 Å². The molecule has 2 nitrogen and oxygen atoms in total. The molecule has 0 saturated heterocycles. The molecule has 3 heteroatoms. The molecule has 0 fully saturated rings. The fraction of sp³-hybridized carbons (Fsp3) is 0.588. The van der Waals surface area contributed by atoms with Gasteiger partial charge >= 0.3 is 0 Å². The summed E-state index contributed by atoms with van der Waals surface area (Å²) in [6.45, 7) is 8.64. The van der Waals surface area contributed by atoms with Crippen LogP contribution in [0.1, 0.15) is 58.9 Å². The number of Topliss-reactive ketones (excluding diaryl/α,β-unsaturated/α-hetero) is 1. The van der Waals surface area contributed by atoms with Crippen LogP contribution in [0.5, 0.6) is 5.75 Å². The van der Waals surface area contributed by atoms with Gasteiger partial charge in [-0.2, -0.15) is 0 Å². The summed E-state index contributed by atoms with van der Waals surface area (Å²) in [5, 5.41) is 0.690. The normalized spacial score (nSPS) is 9.65. The molecule has 0 aliphatic heterocycles. The maximum absolute atomic E-state index is 11.2. The van der Waals surface area contributed by atoms with Crippen molar-refractivity contribution in [2.24, 2.45) is 0 Å². The Balaban J connectivity index is 0.00000172. The summed E-state index contributed by atoms with van der Waals surface area (Å²) in [6, 6.07) is 5.84. The van der Waals surface area contributed by atoms with E-state index >= 15 is 0 Å². The Kier molecular flexibility index (Phi) is 11.2. The molecule has 1 aromatic carbocycles. The monoisotopic (exact) mass is 298 g/mol. The number of halogens is 1. The Hall–Kier alpha value is -1.02. The number of ether oxygens (including phenoxy) is 1. The van der Waals surface area contributed by atoms with Crippen LogP contribution in [-0.4, -0.2) is 12.4 Å². The topological polar surface area (TPSA) is 26.3 Å². The van der Waals surface area contributed by atoms with Crippen LogP contribution in [0.2, 0.25) is 5.02 Å². The molecule has 0 aromatic heterocycles. The summed E-state index contributed by atoms with van der Waals surface area (Å²) < 4.78 is 5.58. The van der Waals surface area contributed by atoms with Gasteiger partial charge in [0.1, 0.15) is 11.5 Å². The maximum atomic E-state index is 11.2. The number of hydrogen-bond donors (Lipinski definition) is 0. The van der Waals surface area contributed by atoms with Gasteiger partial charge in [-0.3, -0.25) is 4.79 Å². The standard InChI is InChI=1S/C15H21ClO2.C2H6/c1-3-11-18-14-10-6-8-12(15(14)16)7-5-9-13(17)4-2;1-2/h6,8,10H,3-5,7,9,11H2,1-2H3;1-2H3. The van der Waals surface area contributed by atoms with Crippen LogP contribution in [0.15, 0.2) is 18.2 Å². The van der Waals surface area contributed by atoms with Crippen molar-refractivity contribution in [2.75, 3.05) is 6.61 Å². The number of rotatable bonds is 8. The van der Waals surface area contributed by atoms with Gasteiger partial charge in [0.05, 0.1) is 11.6 Å². The number of hydrogen-bond acceptors (Lipinski definition) is 2. The molecule has 20 heavy (non-hydrogen) atoms. The third-order valence-electron chi connectivity index (χ3n) is 2.80. The molecule has 0 spiro atoms. The van der Waals surface area contributed by atoms with E-state index in [9.17, 15) is 4.79 Å². The lowest BCUT2D eigenvalue weighted by Crippen LogP contribution is -1.99. The molecular weight excluding hydrogens is 272 g/mol. The Morgan fingerprint density at radius 3 is 2.55 bits per heavy atom. The summed E-state index contributed by atoms with van der Waals surface area (Å²) in [4.78, 5) is 11.2. The van der Waals surface area contributed by atoms with Crippen molar-refractivity contribution in [3.8, 4) is 5.75 Å². The third kappa shape index (κ3) is 6.95. The van der Waals surface area contributed by atoms with Gasteiger partial charge in [0.25, 0.3) is 0 Å². The quantitative estimate of drug-likeness (QED) is 0.637. The largest absolute Gasteiger partial charge is 0.492 e. The van der Waals surface area contributed by atoms with Crippen LogP contribution in [0.25, 0.3) is 0 Å². The van der Waals surface area contributed by atoms with E-state index < -0.39 is 0 Å². The van der Waals surface area contributed by atoms with E-state index in [4.69, 9.17) is 16.3 Å². The number of carbonyl (C=O) groups is 1. The zero-order valence-electron chi connectivity index (χ0n) is 13.2. The summed E-state index contributed by atoms with van der Waals surface area (Å²) in [7, 11) is 0. The number of ketones is 1. The molecule has 0 saturated carbocycles. The molecule has 0 unspecified atom stereocenters. The van der Waals surface area contributed by atoms with Gasteiger partial charge in [0, 0.05) is 12.8 Å². The molecule has 0 N–H and O–H groups in total. The van der Waals surface area contributed by atoms with Crippen LogP contribution in [0.4, 0.5) is 0 Å². The summed E-state index contributed by atoms with van der Waals surface area (Å²) >= 11 is 6.28. The van der Waals surface area contributed by atoms with E-state index in [1.54, 1.807) is 0 Å². The van der Waals surface area contributed by atoms with Crippen LogP contribution >= 0.6 is 11.6 Å². The van der Waals surface area contributed by atoms with Crippen molar-refractivity contribution in [3.05, 3.63) is 28.8 Å². The predicted molar refractivity (Wildman–Crippen MR) is 86.8 cm³/mol. The van der Waals surface area contributed by atoms with Crippen molar-refractivity contribution in [1.29, 1.82) is 0 Å². The highest BCUT2D eigenvalue weighted by Crippen LogP contribution is 2.29. The first-order valence-electron chi connectivity index (χ1n) is 7.60. The highest BCUT2D eigenvalue weighted by Gasteiger charge is 2.07.